The van der Waals surface area contributed by atoms with Crippen molar-refractivity contribution in [1.29, 1.82) is 0 Å². The van der Waals surface area contributed by atoms with Crippen LogP contribution in [-0.4, -0.2) is 17.7 Å². The Labute approximate surface area is 119 Å². The zero-order valence-corrected chi connectivity index (χ0v) is 12.2. The highest BCUT2D eigenvalue weighted by molar-refractivity contribution is 9.10. The molecule has 1 N–H and O–H groups in total. The van der Waals surface area contributed by atoms with E-state index in [0.717, 1.165) is 0 Å². The van der Waals surface area contributed by atoms with Gasteiger partial charge in [0.05, 0.1) is 17.0 Å². The highest BCUT2D eigenvalue weighted by Crippen LogP contribution is 2.35. The molecule has 1 aliphatic carbocycles. The smallest absolute Gasteiger partial charge is 0.306 e. The van der Waals surface area contributed by atoms with Gasteiger partial charge in [-0.05, 0) is 58.8 Å². The molecule has 19 heavy (non-hydrogen) atoms. The molecule has 0 aromatic heterocycles. The van der Waals surface area contributed by atoms with Gasteiger partial charge in [0.2, 0.25) is 0 Å². The molecule has 0 bridgehead atoms. The highest BCUT2D eigenvalue weighted by Gasteiger charge is 2.24. The second kappa shape index (κ2) is 5.90. The maximum atomic E-state index is 13.4. The number of hydrogen-bond donors (Lipinski definition) is 1. The van der Waals surface area contributed by atoms with Gasteiger partial charge in [0, 0.05) is 0 Å². The molecular formula is C14H16BrFO3. The first-order valence-corrected chi connectivity index (χ1v) is 7.10. The number of halogens is 2. The van der Waals surface area contributed by atoms with Crippen LogP contribution in [0.5, 0.6) is 5.75 Å². The maximum Gasteiger partial charge on any atom is 0.306 e. The van der Waals surface area contributed by atoms with E-state index in [1.54, 1.807) is 6.92 Å². The average Bonchev–Trinajstić information content (AvgIpc) is 3.11. The largest absolute Gasteiger partial charge is 0.492 e. The minimum absolute atomic E-state index is 0.256. The van der Waals surface area contributed by atoms with Crippen molar-refractivity contribution in [1.82, 2.24) is 0 Å². The SMILES string of the molecule is CC(Cc1cc(F)cc(Br)c1OCC1CC1)C(=O)O. The lowest BCUT2D eigenvalue weighted by molar-refractivity contribution is -0.141. The molecule has 0 heterocycles. The summed E-state index contributed by atoms with van der Waals surface area (Å²) in [6, 6.07) is 2.70. The van der Waals surface area contributed by atoms with Gasteiger partial charge >= 0.3 is 5.97 Å². The summed E-state index contributed by atoms with van der Waals surface area (Å²) < 4.78 is 19.7. The van der Waals surface area contributed by atoms with Gasteiger partial charge < -0.3 is 9.84 Å². The molecule has 0 aliphatic heterocycles. The van der Waals surface area contributed by atoms with Crippen LogP contribution in [0.3, 0.4) is 0 Å². The molecule has 104 valence electrons. The van der Waals surface area contributed by atoms with E-state index < -0.39 is 17.7 Å². The summed E-state index contributed by atoms with van der Waals surface area (Å²) in [5, 5.41) is 8.95. The van der Waals surface area contributed by atoms with Gasteiger partial charge in [-0.15, -0.1) is 0 Å². The number of carbonyl (C=O) groups is 1. The number of benzene rings is 1. The van der Waals surface area contributed by atoms with Crippen LogP contribution in [0.4, 0.5) is 4.39 Å². The number of aliphatic carboxylic acids is 1. The molecule has 5 heteroatoms. The first-order valence-electron chi connectivity index (χ1n) is 6.31. The second-order valence-corrected chi connectivity index (χ2v) is 5.93. The number of hydrogen-bond acceptors (Lipinski definition) is 2. The van der Waals surface area contributed by atoms with Gasteiger partial charge in [-0.3, -0.25) is 4.79 Å². The molecule has 3 nitrogen and oxygen atoms in total. The predicted octanol–water partition coefficient (Wildman–Crippen LogP) is 3.64. The zero-order valence-electron chi connectivity index (χ0n) is 10.7. The summed E-state index contributed by atoms with van der Waals surface area (Å²) >= 11 is 3.28. The zero-order chi connectivity index (χ0) is 14.0. The van der Waals surface area contributed by atoms with Crippen molar-refractivity contribution in [3.63, 3.8) is 0 Å². The Balaban J connectivity index is 2.19. The second-order valence-electron chi connectivity index (χ2n) is 5.07. The van der Waals surface area contributed by atoms with Crippen molar-refractivity contribution in [2.24, 2.45) is 11.8 Å². The van der Waals surface area contributed by atoms with Crippen molar-refractivity contribution in [3.8, 4) is 5.75 Å². The molecule has 1 saturated carbocycles. The molecule has 0 amide bonds. The van der Waals surface area contributed by atoms with Crippen LogP contribution >= 0.6 is 15.9 Å². The van der Waals surface area contributed by atoms with E-state index in [0.29, 0.717) is 28.3 Å². The van der Waals surface area contributed by atoms with Crippen molar-refractivity contribution in [2.75, 3.05) is 6.61 Å². The summed E-state index contributed by atoms with van der Waals surface area (Å²) in [4.78, 5) is 10.9. The van der Waals surface area contributed by atoms with Gasteiger partial charge in [-0.1, -0.05) is 6.92 Å². The Morgan fingerprint density at radius 2 is 2.26 bits per heavy atom. The summed E-state index contributed by atoms with van der Waals surface area (Å²) in [5.74, 6) is -0.702. The fourth-order valence-electron chi connectivity index (χ4n) is 1.83. The average molecular weight is 331 g/mol. The van der Waals surface area contributed by atoms with E-state index in [2.05, 4.69) is 15.9 Å². The fourth-order valence-corrected chi connectivity index (χ4v) is 2.42. The third-order valence-electron chi connectivity index (χ3n) is 3.19. The van der Waals surface area contributed by atoms with Crippen LogP contribution in [0.25, 0.3) is 0 Å². The van der Waals surface area contributed by atoms with Crippen molar-refractivity contribution in [2.45, 2.75) is 26.2 Å². The standard InChI is InChI=1S/C14H16BrFO3/c1-8(14(17)18)4-10-5-11(16)6-12(15)13(10)19-7-9-2-3-9/h5-6,8-9H,2-4,7H2,1H3,(H,17,18). The minimum Gasteiger partial charge on any atom is -0.492 e. The van der Waals surface area contributed by atoms with E-state index in [1.807, 2.05) is 0 Å². The van der Waals surface area contributed by atoms with Crippen molar-refractivity contribution in [3.05, 3.63) is 28.0 Å². The molecule has 1 aromatic rings. The first-order chi connectivity index (χ1) is 8.97. The molecule has 0 saturated heterocycles. The van der Waals surface area contributed by atoms with Gasteiger partial charge in [-0.2, -0.15) is 0 Å². The van der Waals surface area contributed by atoms with Crippen molar-refractivity contribution >= 4 is 21.9 Å². The topological polar surface area (TPSA) is 46.5 Å². The Hall–Kier alpha value is -1.10. The van der Waals surface area contributed by atoms with Crippen LogP contribution in [0.1, 0.15) is 25.3 Å². The fraction of sp³-hybridized carbons (Fsp3) is 0.500. The van der Waals surface area contributed by atoms with Crippen LogP contribution in [0.2, 0.25) is 0 Å². The highest BCUT2D eigenvalue weighted by atomic mass is 79.9. The quantitative estimate of drug-likeness (QED) is 0.866. The number of carboxylic acids is 1. The molecule has 1 aromatic carbocycles. The minimum atomic E-state index is -0.895. The van der Waals surface area contributed by atoms with Crippen LogP contribution in [0, 0.1) is 17.7 Å². The summed E-state index contributed by atoms with van der Waals surface area (Å²) in [5.41, 5.74) is 0.599. The molecule has 0 radical (unpaired) electrons. The Kier molecular flexibility index (Phi) is 4.45. The number of ether oxygens (including phenoxy) is 1. The lowest BCUT2D eigenvalue weighted by atomic mass is 10.0. The molecular weight excluding hydrogens is 315 g/mol. The Morgan fingerprint density at radius 3 is 2.84 bits per heavy atom. The van der Waals surface area contributed by atoms with Gasteiger partial charge in [-0.25, -0.2) is 4.39 Å². The molecule has 2 rings (SSSR count). The van der Waals surface area contributed by atoms with E-state index in [-0.39, 0.29) is 6.42 Å². The maximum absolute atomic E-state index is 13.4. The predicted molar refractivity (Wildman–Crippen MR) is 72.8 cm³/mol. The van der Waals surface area contributed by atoms with E-state index in [1.165, 1.54) is 25.0 Å². The molecule has 1 fully saturated rings. The van der Waals surface area contributed by atoms with Gasteiger partial charge in [0.25, 0.3) is 0 Å². The summed E-state index contributed by atoms with van der Waals surface area (Å²) in [6.07, 6.45) is 2.59. The Morgan fingerprint density at radius 1 is 1.58 bits per heavy atom. The molecule has 1 aliphatic rings. The van der Waals surface area contributed by atoms with Crippen LogP contribution in [0.15, 0.2) is 16.6 Å². The molecule has 0 spiro atoms. The number of carboxylic acid groups (broad SMARTS) is 1. The van der Waals surface area contributed by atoms with E-state index in [9.17, 15) is 9.18 Å². The van der Waals surface area contributed by atoms with Crippen LogP contribution < -0.4 is 4.74 Å². The van der Waals surface area contributed by atoms with Gasteiger partial charge in [0.1, 0.15) is 11.6 Å². The first kappa shape index (κ1) is 14.3. The van der Waals surface area contributed by atoms with Crippen LogP contribution in [-0.2, 0) is 11.2 Å². The Bertz CT molecular complexity index is 486. The van der Waals surface area contributed by atoms with E-state index >= 15 is 0 Å². The van der Waals surface area contributed by atoms with Crippen molar-refractivity contribution < 1.29 is 19.0 Å². The third-order valence-corrected chi connectivity index (χ3v) is 3.78. The van der Waals surface area contributed by atoms with Gasteiger partial charge in [0.15, 0.2) is 0 Å². The number of rotatable bonds is 6. The lowest BCUT2D eigenvalue weighted by Crippen LogP contribution is -2.14. The normalized spacial score (nSPS) is 16.2. The lowest BCUT2D eigenvalue weighted by Gasteiger charge is -2.15. The van der Waals surface area contributed by atoms with E-state index in [4.69, 9.17) is 9.84 Å². The molecule has 1 unspecified atom stereocenters. The monoisotopic (exact) mass is 330 g/mol. The summed E-state index contributed by atoms with van der Waals surface area (Å²) in [6.45, 7) is 2.21. The summed E-state index contributed by atoms with van der Waals surface area (Å²) in [7, 11) is 0. The molecule has 1 atom stereocenters. The third kappa shape index (κ3) is 3.93.